The number of esters is 1. The van der Waals surface area contributed by atoms with Gasteiger partial charge in [0, 0.05) is 11.4 Å². The van der Waals surface area contributed by atoms with Crippen molar-refractivity contribution >= 4 is 27.4 Å². The van der Waals surface area contributed by atoms with Crippen LogP contribution in [0.2, 0.25) is 5.02 Å². The standard InChI is InChI=1S/C14H14ClNO4S/c1-8-12(14(17)20-3)13(9(2)16-8)21(18,19)11-7-5-4-6-10(11)15/h4-7,16H,1-3H3. The Morgan fingerprint density at radius 2 is 1.81 bits per heavy atom. The average molecular weight is 328 g/mol. The number of aryl methyl sites for hydroxylation is 2. The van der Waals surface area contributed by atoms with E-state index in [1.165, 1.54) is 19.2 Å². The quantitative estimate of drug-likeness (QED) is 0.879. The SMILES string of the molecule is COC(=O)c1c(C)[nH]c(C)c1S(=O)(=O)c1ccccc1Cl. The lowest BCUT2D eigenvalue weighted by atomic mass is 10.2. The van der Waals surface area contributed by atoms with E-state index in [4.69, 9.17) is 11.6 Å². The number of hydrogen-bond acceptors (Lipinski definition) is 4. The molecule has 0 aliphatic heterocycles. The molecule has 1 N–H and O–H groups in total. The van der Waals surface area contributed by atoms with Gasteiger partial charge in [-0.05, 0) is 26.0 Å². The van der Waals surface area contributed by atoms with Crippen molar-refractivity contribution in [3.05, 3.63) is 46.2 Å². The first-order valence-corrected chi connectivity index (χ1v) is 7.94. The predicted molar refractivity (Wildman–Crippen MR) is 78.5 cm³/mol. The Morgan fingerprint density at radius 1 is 1.19 bits per heavy atom. The summed E-state index contributed by atoms with van der Waals surface area (Å²) >= 11 is 5.98. The minimum absolute atomic E-state index is 0.00918. The topological polar surface area (TPSA) is 76.2 Å². The van der Waals surface area contributed by atoms with Crippen LogP contribution in [0.5, 0.6) is 0 Å². The molecule has 0 atom stereocenters. The van der Waals surface area contributed by atoms with E-state index in [1.54, 1.807) is 26.0 Å². The Bertz CT molecular complexity index is 808. The summed E-state index contributed by atoms with van der Waals surface area (Å²) in [5, 5.41) is 0.103. The van der Waals surface area contributed by atoms with Gasteiger partial charge in [0.2, 0.25) is 9.84 Å². The maximum atomic E-state index is 12.8. The fraction of sp³-hybridized carbons (Fsp3) is 0.214. The lowest BCUT2D eigenvalue weighted by Gasteiger charge is -2.08. The van der Waals surface area contributed by atoms with Crippen molar-refractivity contribution in [2.24, 2.45) is 0 Å². The van der Waals surface area contributed by atoms with Crippen LogP contribution < -0.4 is 0 Å². The van der Waals surface area contributed by atoms with Crippen molar-refractivity contribution in [1.29, 1.82) is 0 Å². The average Bonchev–Trinajstić information content (AvgIpc) is 2.73. The molecule has 0 saturated heterocycles. The third-order valence-electron chi connectivity index (χ3n) is 3.10. The summed E-state index contributed by atoms with van der Waals surface area (Å²) in [6.07, 6.45) is 0. The molecule has 21 heavy (non-hydrogen) atoms. The number of methoxy groups -OCH3 is 1. The molecule has 0 radical (unpaired) electrons. The van der Waals surface area contributed by atoms with E-state index in [2.05, 4.69) is 9.72 Å². The zero-order valence-electron chi connectivity index (χ0n) is 11.7. The van der Waals surface area contributed by atoms with Crippen LogP contribution in [0, 0.1) is 13.8 Å². The number of hydrogen-bond donors (Lipinski definition) is 1. The Morgan fingerprint density at radius 3 is 2.38 bits per heavy atom. The van der Waals surface area contributed by atoms with Crippen LogP contribution in [0.15, 0.2) is 34.1 Å². The van der Waals surface area contributed by atoms with Gasteiger partial charge in [0.05, 0.1) is 22.6 Å². The van der Waals surface area contributed by atoms with Crippen LogP contribution in [0.4, 0.5) is 0 Å². The Balaban J connectivity index is 2.78. The largest absolute Gasteiger partial charge is 0.465 e. The van der Waals surface area contributed by atoms with E-state index in [-0.39, 0.29) is 20.4 Å². The lowest BCUT2D eigenvalue weighted by molar-refractivity contribution is 0.0596. The second kappa shape index (κ2) is 5.54. The number of nitrogens with one attached hydrogen (secondary N) is 1. The molecule has 0 saturated carbocycles. The summed E-state index contributed by atoms with van der Waals surface area (Å²) in [6, 6.07) is 6.10. The van der Waals surface area contributed by atoms with Gasteiger partial charge in [-0.1, -0.05) is 23.7 Å². The molecule has 1 aromatic heterocycles. The molecule has 0 spiro atoms. The number of rotatable bonds is 3. The predicted octanol–water partition coefficient (Wildman–Crippen LogP) is 2.90. The molecule has 0 aliphatic rings. The van der Waals surface area contributed by atoms with Crippen LogP contribution >= 0.6 is 11.6 Å². The Kier molecular flexibility index (Phi) is 4.11. The van der Waals surface area contributed by atoms with Crippen LogP contribution in [0.25, 0.3) is 0 Å². The number of carbonyl (C=O) groups is 1. The summed E-state index contributed by atoms with van der Waals surface area (Å²) in [5.74, 6) is -0.706. The van der Waals surface area contributed by atoms with E-state index in [9.17, 15) is 13.2 Å². The normalized spacial score (nSPS) is 11.4. The number of ether oxygens (including phenoxy) is 1. The van der Waals surface area contributed by atoms with Gasteiger partial charge in [0.25, 0.3) is 0 Å². The molecule has 1 heterocycles. The fourth-order valence-electron chi connectivity index (χ4n) is 2.21. The molecule has 112 valence electrons. The van der Waals surface area contributed by atoms with Gasteiger partial charge in [-0.15, -0.1) is 0 Å². The summed E-state index contributed by atoms with van der Waals surface area (Å²) in [6.45, 7) is 3.20. The van der Waals surface area contributed by atoms with E-state index in [1.807, 2.05) is 0 Å². The number of H-pyrrole nitrogens is 1. The highest BCUT2D eigenvalue weighted by Gasteiger charge is 2.31. The number of benzene rings is 1. The van der Waals surface area contributed by atoms with E-state index in [0.717, 1.165) is 0 Å². The van der Waals surface area contributed by atoms with Gasteiger partial charge in [0.1, 0.15) is 4.90 Å². The summed E-state index contributed by atoms with van der Waals surface area (Å²) < 4.78 is 30.3. The van der Waals surface area contributed by atoms with Crippen molar-refractivity contribution < 1.29 is 17.9 Å². The molecule has 0 bridgehead atoms. The smallest absolute Gasteiger partial charge is 0.341 e. The van der Waals surface area contributed by atoms with E-state index < -0.39 is 15.8 Å². The Labute approximate surface area is 127 Å². The molecule has 0 amide bonds. The van der Waals surface area contributed by atoms with Crippen molar-refractivity contribution in [3.8, 4) is 0 Å². The first-order valence-electron chi connectivity index (χ1n) is 6.07. The minimum Gasteiger partial charge on any atom is -0.465 e. The van der Waals surface area contributed by atoms with Crippen LogP contribution in [-0.2, 0) is 14.6 Å². The van der Waals surface area contributed by atoms with E-state index >= 15 is 0 Å². The molecule has 0 unspecified atom stereocenters. The molecule has 2 rings (SSSR count). The minimum atomic E-state index is -3.93. The van der Waals surface area contributed by atoms with Crippen molar-refractivity contribution in [3.63, 3.8) is 0 Å². The number of sulfone groups is 1. The monoisotopic (exact) mass is 327 g/mol. The number of carbonyl (C=O) groups excluding carboxylic acids is 1. The maximum absolute atomic E-state index is 12.8. The van der Waals surface area contributed by atoms with Gasteiger partial charge >= 0.3 is 5.97 Å². The highest BCUT2D eigenvalue weighted by molar-refractivity contribution is 7.91. The van der Waals surface area contributed by atoms with Crippen molar-refractivity contribution in [2.75, 3.05) is 7.11 Å². The molecule has 5 nitrogen and oxygen atoms in total. The van der Waals surface area contributed by atoms with Gasteiger partial charge in [0.15, 0.2) is 0 Å². The Hall–Kier alpha value is -1.79. The first-order chi connectivity index (χ1) is 9.80. The van der Waals surface area contributed by atoms with Gasteiger partial charge < -0.3 is 9.72 Å². The molecular weight excluding hydrogens is 314 g/mol. The fourth-order valence-corrected chi connectivity index (χ4v) is 4.42. The number of halogens is 1. The summed E-state index contributed by atoms with van der Waals surface area (Å²) in [5.41, 5.74) is 0.813. The lowest BCUT2D eigenvalue weighted by Crippen LogP contribution is -2.11. The van der Waals surface area contributed by atoms with Crippen LogP contribution in [0.1, 0.15) is 21.7 Å². The number of aromatic amines is 1. The zero-order chi connectivity index (χ0) is 15.8. The highest BCUT2D eigenvalue weighted by Crippen LogP contribution is 2.33. The highest BCUT2D eigenvalue weighted by atomic mass is 35.5. The second-order valence-corrected chi connectivity index (χ2v) is 6.77. The summed E-state index contributed by atoms with van der Waals surface area (Å²) in [4.78, 5) is 14.6. The van der Waals surface area contributed by atoms with Crippen LogP contribution in [-0.4, -0.2) is 26.5 Å². The molecule has 0 aliphatic carbocycles. The molecule has 1 aromatic carbocycles. The third kappa shape index (κ3) is 2.56. The first kappa shape index (κ1) is 15.6. The summed E-state index contributed by atoms with van der Waals surface area (Å²) in [7, 11) is -2.72. The zero-order valence-corrected chi connectivity index (χ0v) is 13.3. The van der Waals surface area contributed by atoms with Gasteiger partial charge in [-0.25, -0.2) is 13.2 Å². The number of aromatic nitrogens is 1. The molecular formula is C14H14ClNO4S. The molecule has 0 fully saturated rings. The van der Waals surface area contributed by atoms with Crippen molar-refractivity contribution in [1.82, 2.24) is 4.98 Å². The van der Waals surface area contributed by atoms with Gasteiger partial charge in [-0.3, -0.25) is 0 Å². The molecule has 2 aromatic rings. The maximum Gasteiger partial charge on any atom is 0.341 e. The second-order valence-electron chi connectivity index (χ2n) is 4.50. The van der Waals surface area contributed by atoms with Gasteiger partial charge in [-0.2, -0.15) is 0 Å². The van der Waals surface area contributed by atoms with Crippen LogP contribution in [0.3, 0.4) is 0 Å². The van der Waals surface area contributed by atoms with E-state index in [0.29, 0.717) is 11.4 Å². The van der Waals surface area contributed by atoms with Crippen molar-refractivity contribution in [2.45, 2.75) is 23.6 Å². The third-order valence-corrected chi connectivity index (χ3v) is 5.53. The molecule has 7 heteroatoms.